The summed E-state index contributed by atoms with van der Waals surface area (Å²) in [7, 11) is 4.61. The van der Waals surface area contributed by atoms with E-state index in [9.17, 15) is 4.79 Å². The number of aromatic nitrogens is 2. The van der Waals surface area contributed by atoms with Crippen molar-refractivity contribution in [2.75, 3.05) is 27.8 Å². The molecule has 7 nitrogen and oxygen atoms in total. The van der Waals surface area contributed by atoms with Crippen molar-refractivity contribution in [2.24, 2.45) is 5.73 Å². The van der Waals surface area contributed by atoms with Gasteiger partial charge in [0.2, 0.25) is 0 Å². The first-order valence-corrected chi connectivity index (χ1v) is 8.93. The summed E-state index contributed by atoms with van der Waals surface area (Å²) in [6.07, 6.45) is 0.820. The predicted octanol–water partition coefficient (Wildman–Crippen LogP) is 3.10. The summed E-state index contributed by atoms with van der Waals surface area (Å²) < 4.78 is 6.97. The fourth-order valence-electron chi connectivity index (χ4n) is 2.86. The molecule has 0 fully saturated rings. The molecule has 0 aliphatic carbocycles. The standard InChI is InChI=1S/C21H24N4O3.ClH/c1-24(28-3)21(26)19-14-20(16-6-4-15(5-7-16)12-13-22)25(23-19)17-8-10-18(27-2)11-9-17;/h4-11,14H,12-13,22H2,1-3H3;1H. The van der Waals surface area contributed by atoms with Crippen LogP contribution in [0.25, 0.3) is 16.9 Å². The van der Waals surface area contributed by atoms with Gasteiger partial charge >= 0.3 is 0 Å². The highest BCUT2D eigenvalue weighted by Gasteiger charge is 2.20. The zero-order chi connectivity index (χ0) is 20.1. The Morgan fingerprint density at radius 1 is 1.10 bits per heavy atom. The van der Waals surface area contributed by atoms with Crippen LogP contribution in [0.4, 0.5) is 0 Å². The third-order valence-electron chi connectivity index (χ3n) is 4.49. The number of nitrogens with zero attached hydrogens (tertiary/aromatic N) is 3. The maximum atomic E-state index is 12.5. The predicted molar refractivity (Wildman–Crippen MR) is 115 cm³/mol. The number of nitrogens with two attached hydrogens (primary N) is 1. The molecule has 0 spiro atoms. The van der Waals surface area contributed by atoms with Crippen LogP contribution in [-0.2, 0) is 11.3 Å². The number of hydroxylamine groups is 2. The van der Waals surface area contributed by atoms with E-state index in [2.05, 4.69) is 5.10 Å². The zero-order valence-electron chi connectivity index (χ0n) is 16.7. The lowest BCUT2D eigenvalue weighted by molar-refractivity contribution is -0.0760. The van der Waals surface area contributed by atoms with Gasteiger partial charge in [0.1, 0.15) is 5.75 Å². The molecule has 2 aromatic carbocycles. The van der Waals surface area contributed by atoms with Gasteiger partial charge in [-0.15, -0.1) is 12.4 Å². The minimum absolute atomic E-state index is 0. The minimum atomic E-state index is -0.323. The molecular weight excluding hydrogens is 392 g/mol. The normalized spacial score (nSPS) is 10.3. The number of amides is 1. The molecule has 1 amide bonds. The molecule has 0 saturated carbocycles. The van der Waals surface area contributed by atoms with Crippen LogP contribution in [0.2, 0.25) is 0 Å². The Morgan fingerprint density at radius 3 is 2.31 bits per heavy atom. The Balaban J connectivity index is 0.00000300. The molecule has 0 aliphatic heterocycles. The van der Waals surface area contributed by atoms with Crippen molar-refractivity contribution in [3.05, 3.63) is 65.9 Å². The van der Waals surface area contributed by atoms with Gasteiger partial charge in [0.05, 0.1) is 25.6 Å². The molecule has 8 heteroatoms. The number of carbonyl (C=O) groups is 1. The van der Waals surface area contributed by atoms with E-state index in [1.54, 1.807) is 24.9 Å². The average Bonchev–Trinajstić information content (AvgIpc) is 3.19. The monoisotopic (exact) mass is 416 g/mol. The van der Waals surface area contributed by atoms with Crippen LogP contribution in [0, 0.1) is 0 Å². The Bertz CT molecular complexity index is 940. The summed E-state index contributed by atoms with van der Waals surface area (Å²) in [6, 6.07) is 17.4. The molecular formula is C21H25ClN4O3. The van der Waals surface area contributed by atoms with Gasteiger partial charge in [0.25, 0.3) is 5.91 Å². The fourth-order valence-corrected chi connectivity index (χ4v) is 2.86. The van der Waals surface area contributed by atoms with Gasteiger partial charge in [-0.3, -0.25) is 9.63 Å². The average molecular weight is 417 g/mol. The summed E-state index contributed by atoms with van der Waals surface area (Å²) in [5.41, 5.74) is 9.66. The minimum Gasteiger partial charge on any atom is -0.497 e. The van der Waals surface area contributed by atoms with Crippen LogP contribution < -0.4 is 10.5 Å². The first kappa shape index (κ1) is 22.4. The van der Waals surface area contributed by atoms with Crippen molar-refractivity contribution in [3.8, 4) is 22.7 Å². The number of hydrogen-bond acceptors (Lipinski definition) is 5. The zero-order valence-corrected chi connectivity index (χ0v) is 17.5. The summed E-state index contributed by atoms with van der Waals surface area (Å²) in [5.74, 6) is 0.426. The first-order valence-electron chi connectivity index (χ1n) is 8.93. The second kappa shape index (κ2) is 10.1. The second-order valence-electron chi connectivity index (χ2n) is 6.25. The SMILES string of the molecule is COc1ccc(-n2nc(C(=O)N(C)OC)cc2-c2ccc(CCN)cc2)cc1.Cl. The molecule has 2 N–H and O–H groups in total. The van der Waals surface area contributed by atoms with E-state index in [1.807, 2.05) is 48.5 Å². The molecule has 154 valence electrons. The van der Waals surface area contributed by atoms with Gasteiger partial charge in [-0.05, 0) is 48.9 Å². The van der Waals surface area contributed by atoms with Crippen molar-refractivity contribution in [3.63, 3.8) is 0 Å². The second-order valence-corrected chi connectivity index (χ2v) is 6.25. The van der Waals surface area contributed by atoms with E-state index < -0.39 is 0 Å². The summed E-state index contributed by atoms with van der Waals surface area (Å²) in [4.78, 5) is 17.5. The lowest BCUT2D eigenvalue weighted by Gasteiger charge is -2.11. The number of halogens is 1. The van der Waals surface area contributed by atoms with Gasteiger partial charge in [0.15, 0.2) is 5.69 Å². The Kier molecular flexibility index (Phi) is 7.78. The number of carbonyl (C=O) groups excluding carboxylic acids is 1. The number of ether oxygens (including phenoxy) is 1. The largest absolute Gasteiger partial charge is 0.497 e. The van der Waals surface area contributed by atoms with E-state index in [1.165, 1.54) is 7.11 Å². The lowest BCUT2D eigenvalue weighted by Crippen LogP contribution is -2.25. The van der Waals surface area contributed by atoms with Crippen LogP contribution in [0.15, 0.2) is 54.6 Å². The van der Waals surface area contributed by atoms with Crippen molar-refractivity contribution in [1.82, 2.24) is 14.8 Å². The van der Waals surface area contributed by atoms with E-state index in [4.69, 9.17) is 15.3 Å². The molecule has 0 radical (unpaired) electrons. The van der Waals surface area contributed by atoms with Crippen molar-refractivity contribution in [1.29, 1.82) is 0 Å². The van der Waals surface area contributed by atoms with Gasteiger partial charge in [-0.2, -0.15) is 5.10 Å². The maximum Gasteiger partial charge on any atom is 0.297 e. The Labute approximate surface area is 176 Å². The molecule has 0 unspecified atom stereocenters. The smallest absolute Gasteiger partial charge is 0.297 e. The molecule has 3 rings (SSSR count). The van der Waals surface area contributed by atoms with Crippen LogP contribution in [-0.4, -0.2) is 48.6 Å². The number of benzene rings is 2. The molecule has 3 aromatic rings. The highest BCUT2D eigenvalue weighted by molar-refractivity contribution is 5.92. The topological polar surface area (TPSA) is 82.6 Å². The van der Waals surface area contributed by atoms with Crippen molar-refractivity contribution < 1.29 is 14.4 Å². The van der Waals surface area contributed by atoms with Crippen molar-refractivity contribution >= 4 is 18.3 Å². The van der Waals surface area contributed by atoms with Crippen LogP contribution in [0.3, 0.4) is 0 Å². The molecule has 1 heterocycles. The first-order chi connectivity index (χ1) is 13.6. The highest BCUT2D eigenvalue weighted by atomic mass is 35.5. The summed E-state index contributed by atoms with van der Waals surface area (Å²) >= 11 is 0. The van der Waals surface area contributed by atoms with E-state index in [0.717, 1.165) is 39.7 Å². The van der Waals surface area contributed by atoms with Gasteiger partial charge in [-0.25, -0.2) is 9.75 Å². The Hall–Kier alpha value is -2.87. The lowest BCUT2D eigenvalue weighted by atomic mass is 10.1. The van der Waals surface area contributed by atoms with Gasteiger partial charge < -0.3 is 10.5 Å². The fraction of sp³-hybridized carbons (Fsp3) is 0.238. The number of hydrogen-bond donors (Lipinski definition) is 1. The Morgan fingerprint density at radius 2 is 1.76 bits per heavy atom. The van der Waals surface area contributed by atoms with Crippen LogP contribution in [0.5, 0.6) is 5.75 Å². The van der Waals surface area contributed by atoms with Crippen LogP contribution >= 0.6 is 12.4 Å². The van der Waals surface area contributed by atoms with E-state index in [0.29, 0.717) is 12.2 Å². The third-order valence-corrected chi connectivity index (χ3v) is 4.49. The van der Waals surface area contributed by atoms with E-state index >= 15 is 0 Å². The quantitative estimate of drug-likeness (QED) is 0.598. The highest BCUT2D eigenvalue weighted by Crippen LogP contribution is 2.26. The number of methoxy groups -OCH3 is 1. The van der Waals surface area contributed by atoms with E-state index in [-0.39, 0.29) is 18.3 Å². The van der Waals surface area contributed by atoms with Crippen molar-refractivity contribution in [2.45, 2.75) is 6.42 Å². The molecule has 1 aromatic heterocycles. The summed E-state index contributed by atoms with van der Waals surface area (Å²) in [5, 5.41) is 5.67. The third kappa shape index (κ3) is 4.95. The molecule has 29 heavy (non-hydrogen) atoms. The van der Waals surface area contributed by atoms with Crippen LogP contribution in [0.1, 0.15) is 16.1 Å². The van der Waals surface area contributed by atoms with Gasteiger partial charge in [0, 0.05) is 12.6 Å². The maximum absolute atomic E-state index is 12.5. The molecule has 0 aliphatic rings. The number of rotatable bonds is 7. The molecule has 0 saturated heterocycles. The molecule has 0 bridgehead atoms. The van der Waals surface area contributed by atoms with Gasteiger partial charge in [-0.1, -0.05) is 24.3 Å². The summed E-state index contributed by atoms with van der Waals surface area (Å²) in [6.45, 7) is 0.602. The molecule has 0 atom stereocenters.